The molecule has 0 bridgehead atoms. The molecule has 4 rings (SSSR count). The lowest BCUT2D eigenvalue weighted by Crippen LogP contribution is -2.18. The fourth-order valence-electron chi connectivity index (χ4n) is 2.79. The Hall–Kier alpha value is -2.04. The number of rotatable bonds is 7. The van der Waals surface area contributed by atoms with Crippen LogP contribution in [0.15, 0.2) is 22.5 Å². The summed E-state index contributed by atoms with van der Waals surface area (Å²) >= 11 is 2.80. The number of anilines is 2. The molecule has 144 valence electrons. The third-order valence-electron chi connectivity index (χ3n) is 4.06. The molecule has 8 nitrogen and oxygen atoms in total. The van der Waals surface area contributed by atoms with E-state index in [4.69, 9.17) is 14.2 Å². The Bertz CT molecular complexity index is 795. The molecule has 1 aromatic heterocycles. The third kappa shape index (κ3) is 5.02. The van der Waals surface area contributed by atoms with Crippen LogP contribution in [0.4, 0.5) is 10.8 Å². The van der Waals surface area contributed by atoms with Crippen molar-refractivity contribution in [3.05, 3.63) is 18.2 Å². The van der Waals surface area contributed by atoms with Crippen LogP contribution in [-0.2, 0) is 9.53 Å². The zero-order chi connectivity index (χ0) is 18.5. The average molecular weight is 409 g/mol. The van der Waals surface area contributed by atoms with E-state index >= 15 is 0 Å². The topological polar surface area (TPSA) is 94.6 Å². The number of amides is 1. The smallest absolute Gasteiger partial charge is 0.234 e. The van der Waals surface area contributed by atoms with Gasteiger partial charge in [0.15, 0.2) is 15.8 Å². The molecule has 0 aliphatic carbocycles. The number of fused-ring (bicyclic) bond motifs is 1. The van der Waals surface area contributed by atoms with Crippen molar-refractivity contribution >= 4 is 39.8 Å². The Labute approximate surface area is 165 Å². The van der Waals surface area contributed by atoms with Crippen LogP contribution in [0.5, 0.6) is 11.5 Å². The van der Waals surface area contributed by atoms with Gasteiger partial charge >= 0.3 is 0 Å². The van der Waals surface area contributed by atoms with Crippen molar-refractivity contribution in [2.24, 2.45) is 0 Å². The van der Waals surface area contributed by atoms with Gasteiger partial charge in [-0.15, -0.1) is 10.2 Å². The largest absolute Gasteiger partial charge is 0.486 e. The Kier molecular flexibility index (Phi) is 5.95. The molecule has 27 heavy (non-hydrogen) atoms. The summed E-state index contributed by atoms with van der Waals surface area (Å²) in [6.07, 6.45) is 2.44. The molecule has 0 radical (unpaired) electrons. The Morgan fingerprint density at radius 3 is 2.96 bits per heavy atom. The molecule has 2 aromatic rings. The van der Waals surface area contributed by atoms with E-state index in [9.17, 15) is 4.79 Å². The van der Waals surface area contributed by atoms with Crippen molar-refractivity contribution < 1.29 is 19.0 Å². The maximum atomic E-state index is 12.2. The highest BCUT2D eigenvalue weighted by atomic mass is 32.2. The van der Waals surface area contributed by atoms with Crippen molar-refractivity contribution in [3.8, 4) is 11.5 Å². The molecule has 0 spiro atoms. The summed E-state index contributed by atoms with van der Waals surface area (Å²) in [5.41, 5.74) is 0.682. The monoisotopic (exact) mass is 408 g/mol. The predicted octanol–water partition coefficient (Wildman–Crippen LogP) is 2.63. The Balaban J connectivity index is 1.23. The first-order chi connectivity index (χ1) is 13.3. The molecule has 1 saturated heterocycles. The first kappa shape index (κ1) is 18.3. The fraction of sp³-hybridized carbons (Fsp3) is 0.471. The van der Waals surface area contributed by atoms with Crippen LogP contribution in [0.2, 0.25) is 0 Å². The highest BCUT2D eigenvalue weighted by Crippen LogP contribution is 2.33. The summed E-state index contributed by atoms with van der Waals surface area (Å²) in [7, 11) is 0. The number of carbonyl (C=O) groups excluding carboxylic acids is 1. The number of hydrogen-bond acceptors (Lipinski definition) is 9. The standard InChI is InChI=1S/C17H20N4O4S2/c22-15(19-11-3-4-13-14(8-11)25-7-6-24-13)10-26-17-21-20-16(27-17)18-9-12-2-1-5-23-12/h3-4,8,12H,1-2,5-7,9-10H2,(H,18,20)(H,19,22). The summed E-state index contributed by atoms with van der Waals surface area (Å²) < 4.78 is 17.3. The second-order valence-electron chi connectivity index (χ2n) is 6.08. The number of nitrogens with zero attached hydrogens (tertiary/aromatic N) is 2. The van der Waals surface area contributed by atoms with E-state index in [2.05, 4.69) is 20.8 Å². The number of carbonyl (C=O) groups is 1. The SMILES string of the molecule is O=C(CSc1nnc(NCC2CCCO2)s1)Nc1ccc2c(c1)OCCO2. The zero-order valence-corrected chi connectivity index (χ0v) is 16.2. The molecule has 2 aliphatic heterocycles. The molecule has 1 aromatic carbocycles. The molecule has 1 atom stereocenters. The van der Waals surface area contributed by atoms with Crippen LogP contribution >= 0.6 is 23.1 Å². The first-order valence-electron chi connectivity index (χ1n) is 8.77. The van der Waals surface area contributed by atoms with Gasteiger partial charge in [-0.05, 0) is 25.0 Å². The maximum absolute atomic E-state index is 12.2. The highest BCUT2D eigenvalue weighted by molar-refractivity contribution is 8.01. The van der Waals surface area contributed by atoms with Gasteiger partial charge in [-0.1, -0.05) is 23.1 Å². The van der Waals surface area contributed by atoms with Crippen molar-refractivity contribution in [2.75, 3.05) is 42.8 Å². The van der Waals surface area contributed by atoms with E-state index in [-0.39, 0.29) is 17.8 Å². The summed E-state index contributed by atoms with van der Waals surface area (Å²) in [5.74, 6) is 1.50. The molecular formula is C17H20N4O4S2. The quantitative estimate of drug-likeness (QED) is 0.675. The first-order valence-corrected chi connectivity index (χ1v) is 10.6. The van der Waals surface area contributed by atoms with Gasteiger partial charge in [0.1, 0.15) is 13.2 Å². The second kappa shape index (κ2) is 8.77. The van der Waals surface area contributed by atoms with Gasteiger partial charge in [0.25, 0.3) is 0 Å². The summed E-state index contributed by atoms with van der Waals surface area (Å²) in [6.45, 7) is 2.63. The maximum Gasteiger partial charge on any atom is 0.234 e. The Morgan fingerprint density at radius 1 is 1.22 bits per heavy atom. The van der Waals surface area contributed by atoms with Crippen LogP contribution in [-0.4, -0.2) is 54.3 Å². The molecule has 2 N–H and O–H groups in total. The number of nitrogens with one attached hydrogen (secondary N) is 2. The Morgan fingerprint density at radius 2 is 2.11 bits per heavy atom. The number of benzene rings is 1. The van der Waals surface area contributed by atoms with Crippen LogP contribution < -0.4 is 20.1 Å². The lowest BCUT2D eigenvalue weighted by Gasteiger charge is -2.18. The van der Waals surface area contributed by atoms with Gasteiger partial charge in [0.2, 0.25) is 11.0 Å². The van der Waals surface area contributed by atoms with E-state index in [0.717, 1.165) is 35.5 Å². The predicted molar refractivity (Wildman–Crippen MR) is 104 cm³/mol. The van der Waals surface area contributed by atoms with Crippen molar-refractivity contribution in [2.45, 2.75) is 23.3 Å². The van der Waals surface area contributed by atoms with E-state index in [1.54, 1.807) is 18.2 Å². The minimum atomic E-state index is -0.110. The summed E-state index contributed by atoms with van der Waals surface area (Å²) in [6, 6.07) is 5.37. The molecule has 1 amide bonds. The number of ether oxygens (including phenoxy) is 3. The average Bonchev–Trinajstić information content (AvgIpc) is 3.36. The van der Waals surface area contributed by atoms with E-state index in [1.807, 2.05) is 0 Å². The molecule has 1 fully saturated rings. The number of aromatic nitrogens is 2. The molecule has 1 unspecified atom stereocenters. The van der Waals surface area contributed by atoms with E-state index in [1.165, 1.54) is 23.1 Å². The lowest BCUT2D eigenvalue weighted by atomic mass is 10.2. The van der Waals surface area contributed by atoms with E-state index in [0.29, 0.717) is 30.4 Å². The van der Waals surface area contributed by atoms with Gasteiger partial charge in [0.05, 0.1) is 11.9 Å². The van der Waals surface area contributed by atoms with E-state index < -0.39 is 0 Å². The van der Waals surface area contributed by atoms with Gasteiger partial charge in [0, 0.05) is 24.9 Å². The fourth-order valence-corrected chi connectivity index (χ4v) is 4.35. The molecule has 10 heteroatoms. The van der Waals surface area contributed by atoms with Crippen LogP contribution in [0, 0.1) is 0 Å². The number of hydrogen-bond donors (Lipinski definition) is 2. The number of thioether (sulfide) groups is 1. The van der Waals surface area contributed by atoms with Crippen LogP contribution in [0.1, 0.15) is 12.8 Å². The molecular weight excluding hydrogens is 388 g/mol. The van der Waals surface area contributed by atoms with Crippen molar-refractivity contribution in [3.63, 3.8) is 0 Å². The van der Waals surface area contributed by atoms with Crippen molar-refractivity contribution in [1.82, 2.24) is 10.2 Å². The lowest BCUT2D eigenvalue weighted by molar-refractivity contribution is -0.113. The minimum Gasteiger partial charge on any atom is -0.486 e. The third-order valence-corrected chi connectivity index (χ3v) is 6.08. The molecule has 3 heterocycles. The van der Waals surface area contributed by atoms with Gasteiger partial charge < -0.3 is 24.8 Å². The van der Waals surface area contributed by atoms with Crippen LogP contribution in [0.25, 0.3) is 0 Å². The molecule has 0 saturated carbocycles. The molecule has 2 aliphatic rings. The normalized spacial score (nSPS) is 18.3. The summed E-state index contributed by atoms with van der Waals surface area (Å²) in [5, 5.41) is 15.1. The van der Waals surface area contributed by atoms with Crippen molar-refractivity contribution in [1.29, 1.82) is 0 Å². The summed E-state index contributed by atoms with van der Waals surface area (Å²) in [4.78, 5) is 12.2. The van der Waals surface area contributed by atoms with Gasteiger partial charge in [-0.3, -0.25) is 4.79 Å². The van der Waals surface area contributed by atoms with Gasteiger partial charge in [-0.2, -0.15) is 0 Å². The zero-order valence-electron chi connectivity index (χ0n) is 14.6. The van der Waals surface area contributed by atoms with Gasteiger partial charge in [-0.25, -0.2) is 0 Å². The second-order valence-corrected chi connectivity index (χ2v) is 8.28. The minimum absolute atomic E-state index is 0.110. The highest BCUT2D eigenvalue weighted by Gasteiger charge is 2.16. The van der Waals surface area contributed by atoms with Crippen LogP contribution in [0.3, 0.4) is 0 Å².